The maximum atomic E-state index is 13.4. The van der Waals surface area contributed by atoms with E-state index in [1.54, 1.807) is 0 Å². The van der Waals surface area contributed by atoms with Crippen molar-refractivity contribution in [3.63, 3.8) is 0 Å². The van der Waals surface area contributed by atoms with E-state index in [0.717, 1.165) is 17.0 Å². The van der Waals surface area contributed by atoms with E-state index >= 15 is 0 Å². The van der Waals surface area contributed by atoms with Gasteiger partial charge in [0.15, 0.2) is 5.11 Å². The molecule has 0 bridgehead atoms. The number of halogens is 6. The van der Waals surface area contributed by atoms with Gasteiger partial charge in [0.2, 0.25) is 0 Å². The SMILES string of the molecule is CC1C=C(N2C(=S)N(c3ccc(C#N)c(C(F)(F)F)c3)C(=O)C2(C)C)C=CC1C(F)(F)F. The molecule has 1 saturated heterocycles. The molecule has 1 fully saturated rings. The maximum absolute atomic E-state index is 13.4. The van der Waals surface area contributed by atoms with Gasteiger partial charge in [-0.25, -0.2) is 0 Å². The zero-order chi connectivity index (χ0) is 24.2. The molecule has 4 nitrogen and oxygen atoms in total. The number of hydrogen-bond donors (Lipinski definition) is 0. The third-order valence-corrected chi connectivity index (χ3v) is 5.83. The first kappa shape index (κ1) is 23.8. The lowest BCUT2D eigenvalue weighted by molar-refractivity contribution is -0.169. The summed E-state index contributed by atoms with van der Waals surface area (Å²) in [5, 5.41) is 8.81. The number of benzene rings is 1. The van der Waals surface area contributed by atoms with Crippen LogP contribution in [-0.2, 0) is 11.0 Å². The molecule has 170 valence electrons. The highest BCUT2D eigenvalue weighted by Crippen LogP contribution is 2.42. The number of nitriles is 1. The highest BCUT2D eigenvalue weighted by Gasteiger charge is 2.52. The van der Waals surface area contributed by atoms with Gasteiger partial charge < -0.3 is 4.90 Å². The minimum Gasteiger partial charge on any atom is -0.304 e. The lowest BCUT2D eigenvalue weighted by Gasteiger charge is -2.34. The molecule has 1 aliphatic carbocycles. The van der Waals surface area contributed by atoms with E-state index in [-0.39, 0.29) is 16.5 Å². The van der Waals surface area contributed by atoms with Gasteiger partial charge in [-0.3, -0.25) is 9.69 Å². The van der Waals surface area contributed by atoms with E-state index in [1.807, 2.05) is 0 Å². The Morgan fingerprint density at radius 3 is 2.28 bits per heavy atom. The van der Waals surface area contributed by atoms with Gasteiger partial charge in [0, 0.05) is 5.70 Å². The summed E-state index contributed by atoms with van der Waals surface area (Å²) in [6, 6.07) is 4.24. The number of amides is 1. The molecular weight excluding hydrogens is 456 g/mol. The molecule has 11 heteroatoms. The summed E-state index contributed by atoms with van der Waals surface area (Å²) in [4.78, 5) is 15.4. The second kappa shape index (κ2) is 7.62. The molecule has 1 aromatic rings. The molecule has 2 atom stereocenters. The smallest absolute Gasteiger partial charge is 0.304 e. The van der Waals surface area contributed by atoms with E-state index in [2.05, 4.69) is 0 Å². The number of alkyl halides is 6. The van der Waals surface area contributed by atoms with E-state index < -0.39 is 46.8 Å². The second-order valence-corrected chi connectivity index (χ2v) is 8.40. The number of hydrogen-bond acceptors (Lipinski definition) is 3. The zero-order valence-corrected chi connectivity index (χ0v) is 17.9. The third kappa shape index (κ3) is 3.88. The molecule has 1 heterocycles. The Bertz CT molecular complexity index is 1080. The Labute approximate surface area is 185 Å². The van der Waals surface area contributed by atoms with Crippen molar-refractivity contribution in [2.45, 2.75) is 38.7 Å². The summed E-state index contributed by atoms with van der Waals surface area (Å²) in [5.74, 6) is -3.30. The normalized spacial score (nSPS) is 23.4. The molecule has 2 unspecified atom stereocenters. The first-order valence-corrected chi connectivity index (χ1v) is 9.78. The van der Waals surface area contributed by atoms with Crippen LogP contribution in [-0.4, -0.2) is 27.6 Å². The van der Waals surface area contributed by atoms with Gasteiger partial charge in [0.25, 0.3) is 5.91 Å². The van der Waals surface area contributed by atoms with Gasteiger partial charge in [-0.15, -0.1) is 0 Å². The van der Waals surface area contributed by atoms with Crippen LogP contribution in [0.2, 0.25) is 0 Å². The molecule has 0 spiro atoms. The van der Waals surface area contributed by atoms with E-state index in [4.69, 9.17) is 17.5 Å². The quantitative estimate of drug-likeness (QED) is 0.417. The Hall–Kier alpha value is -2.87. The third-order valence-electron chi connectivity index (χ3n) is 5.47. The molecule has 1 aliphatic heterocycles. The minimum absolute atomic E-state index is 0.175. The highest BCUT2D eigenvalue weighted by atomic mass is 32.1. The number of anilines is 1. The van der Waals surface area contributed by atoms with Gasteiger partial charge in [0.05, 0.1) is 28.8 Å². The van der Waals surface area contributed by atoms with E-state index in [1.165, 1.54) is 50.0 Å². The van der Waals surface area contributed by atoms with E-state index in [0.29, 0.717) is 6.07 Å². The Kier molecular flexibility index (Phi) is 5.66. The van der Waals surface area contributed by atoms with Crippen molar-refractivity contribution in [3.05, 3.63) is 53.3 Å². The summed E-state index contributed by atoms with van der Waals surface area (Å²) >= 11 is 5.38. The molecule has 32 heavy (non-hydrogen) atoms. The topological polar surface area (TPSA) is 47.3 Å². The summed E-state index contributed by atoms with van der Waals surface area (Å²) < 4.78 is 79.7. The van der Waals surface area contributed by atoms with Crippen molar-refractivity contribution in [1.82, 2.24) is 4.90 Å². The highest BCUT2D eigenvalue weighted by molar-refractivity contribution is 7.80. The van der Waals surface area contributed by atoms with Crippen molar-refractivity contribution in [2.75, 3.05) is 4.90 Å². The number of thiocarbonyl (C=S) groups is 1. The van der Waals surface area contributed by atoms with Crippen molar-refractivity contribution in [2.24, 2.45) is 11.8 Å². The van der Waals surface area contributed by atoms with Crippen LogP contribution in [0, 0.1) is 23.2 Å². The fourth-order valence-corrected chi connectivity index (χ4v) is 4.34. The lowest BCUT2D eigenvalue weighted by atomic mass is 9.87. The monoisotopic (exact) mass is 473 g/mol. The summed E-state index contributed by atoms with van der Waals surface area (Å²) in [5.41, 5.74) is -3.15. The number of carbonyl (C=O) groups excluding carboxylic acids is 1. The molecule has 0 aromatic heterocycles. The summed E-state index contributed by atoms with van der Waals surface area (Å²) in [7, 11) is 0. The number of rotatable bonds is 2. The van der Waals surface area contributed by atoms with Crippen LogP contribution in [0.25, 0.3) is 0 Å². The molecule has 0 radical (unpaired) electrons. The van der Waals surface area contributed by atoms with Crippen molar-refractivity contribution >= 4 is 28.9 Å². The van der Waals surface area contributed by atoms with Crippen LogP contribution in [0.3, 0.4) is 0 Å². The Balaban J connectivity index is 2.04. The van der Waals surface area contributed by atoms with Crippen LogP contribution in [0.4, 0.5) is 32.0 Å². The van der Waals surface area contributed by atoms with Crippen molar-refractivity contribution in [1.29, 1.82) is 5.26 Å². The average Bonchev–Trinajstić information content (AvgIpc) is 2.83. The molecule has 3 rings (SSSR count). The van der Waals surface area contributed by atoms with Gasteiger partial charge in [-0.05, 0) is 56.3 Å². The largest absolute Gasteiger partial charge is 0.417 e. The van der Waals surface area contributed by atoms with Gasteiger partial charge in [-0.1, -0.05) is 19.1 Å². The minimum atomic E-state index is -4.84. The molecule has 0 saturated carbocycles. The summed E-state index contributed by atoms with van der Waals surface area (Å²) in [6.07, 6.45) is -5.75. The van der Waals surface area contributed by atoms with Crippen LogP contribution < -0.4 is 4.90 Å². The maximum Gasteiger partial charge on any atom is 0.417 e. The van der Waals surface area contributed by atoms with Crippen LogP contribution in [0.1, 0.15) is 31.9 Å². The zero-order valence-electron chi connectivity index (χ0n) is 17.0. The van der Waals surface area contributed by atoms with Gasteiger partial charge in [-0.2, -0.15) is 31.6 Å². The molecule has 1 amide bonds. The molecule has 2 aliphatic rings. The first-order chi connectivity index (χ1) is 14.6. The van der Waals surface area contributed by atoms with E-state index in [9.17, 15) is 31.1 Å². The number of carbonyl (C=O) groups is 1. The van der Waals surface area contributed by atoms with Crippen molar-refractivity contribution < 1.29 is 31.1 Å². The van der Waals surface area contributed by atoms with Crippen LogP contribution in [0.15, 0.2) is 42.1 Å². The molecule has 1 aromatic carbocycles. The predicted molar refractivity (Wildman–Crippen MR) is 108 cm³/mol. The fourth-order valence-electron chi connectivity index (χ4n) is 3.82. The standard InChI is InChI=1S/C21H17F6N3OS/c1-11-8-14(6-7-15(11)20(22,23)24)30-18(32)29(17(31)19(30,2)3)13-5-4-12(10-28)16(9-13)21(25,26)27/h4-9,11,15H,1-3H3. The first-order valence-electron chi connectivity index (χ1n) is 9.37. The lowest BCUT2D eigenvalue weighted by Crippen LogP contribution is -2.44. The van der Waals surface area contributed by atoms with Crippen molar-refractivity contribution in [3.8, 4) is 6.07 Å². The van der Waals surface area contributed by atoms with Gasteiger partial charge >= 0.3 is 12.4 Å². The van der Waals surface area contributed by atoms with Crippen LogP contribution >= 0.6 is 12.2 Å². The molecule has 0 N–H and O–H groups in total. The summed E-state index contributed by atoms with van der Waals surface area (Å²) in [6.45, 7) is 4.33. The average molecular weight is 473 g/mol. The predicted octanol–water partition coefficient (Wildman–Crippen LogP) is 5.56. The number of nitrogens with zero attached hydrogens (tertiary/aromatic N) is 3. The second-order valence-electron chi connectivity index (χ2n) is 8.03. The fraction of sp³-hybridized carbons (Fsp3) is 0.381. The van der Waals surface area contributed by atoms with Gasteiger partial charge in [0.1, 0.15) is 5.54 Å². The number of allylic oxidation sites excluding steroid dienone is 3. The molecular formula is C21H17F6N3OS. The Morgan fingerprint density at radius 1 is 1.16 bits per heavy atom. The Morgan fingerprint density at radius 2 is 1.78 bits per heavy atom. The van der Waals surface area contributed by atoms with Crippen LogP contribution in [0.5, 0.6) is 0 Å².